The van der Waals surface area contributed by atoms with Crippen molar-refractivity contribution in [3.8, 4) is 11.1 Å². The van der Waals surface area contributed by atoms with Crippen LogP contribution in [-0.4, -0.2) is 30.1 Å². The van der Waals surface area contributed by atoms with Gasteiger partial charge in [0.05, 0.1) is 0 Å². The van der Waals surface area contributed by atoms with Crippen molar-refractivity contribution in [3.63, 3.8) is 0 Å². The number of anilines is 1. The number of nitrogens with one attached hydrogen (secondary N) is 2. The van der Waals surface area contributed by atoms with Gasteiger partial charge in [0, 0.05) is 35.5 Å². The summed E-state index contributed by atoms with van der Waals surface area (Å²) in [6, 6.07) is 8.09. The van der Waals surface area contributed by atoms with Crippen molar-refractivity contribution in [2.24, 2.45) is 0 Å². The van der Waals surface area contributed by atoms with E-state index in [1.165, 1.54) is 0 Å². The number of nitrogens with zero attached hydrogens (tertiary/aromatic N) is 2. The third kappa shape index (κ3) is 3.51. The highest BCUT2D eigenvalue weighted by Crippen LogP contribution is 2.20. The molecular weight excluding hydrogens is 292 g/mol. The van der Waals surface area contributed by atoms with E-state index < -0.39 is 0 Å². The van der Waals surface area contributed by atoms with Crippen LogP contribution in [0.1, 0.15) is 0 Å². The van der Waals surface area contributed by atoms with Gasteiger partial charge in [-0.15, -0.1) is 0 Å². The lowest BCUT2D eigenvalue weighted by Gasteiger charge is -2.05. The maximum Gasteiger partial charge on any atom is 0.222 e. The van der Waals surface area contributed by atoms with Crippen LogP contribution in [0.3, 0.4) is 0 Å². The summed E-state index contributed by atoms with van der Waals surface area (Å²) in [6.45, 7) is 1.70. The zero-order chi connectivity index (χ0) is 12.8. The molecular formula is C13H15BrN4. The van der Waals surface area contributed by atoms with Gasteiger partial charge in [0.1, 0.15) is 0 Å². The van der Waals surface area contributed by atoms with E-state index in [1.54, 1.807) is 0 Å². The number of likely N-dealkylation sites (N-methyl/N-ethyl adjacent to an activating group) is 1. The molecule has 0 aliphatic rings. The number of benzene rings is 1. The van der Waals surface area contributed by atoms with Crippen molar-refractivity contribution < 1.29 is 0 Å². The summed E-state index contributed by atoms with van der Waals surface area (Å²) >= 11 is 3.42. The van der Waals surface area contributed by atoms with E-state index >= 15 is 0 Å². The Morgan fingerprint density at radius 1 is 1.00 bits per heavy atom. The molecule has 2 aromatic rings. The average Bonchev–Trinajstić information content (AvgIpc) is 2.41. The van der Waals surface area contributed by atoms with Gasteiger partial charge in [-0.2, -0.15) is 0 Å². The van der Waals surface area contributed by atoms with Crippen LogP contribution < -0.4 is 10.6 Å². The molecule has 0 aliphatic heterocycles. The fraction of sp³-hybridized carbons (Fsp3) is 0.231. The van der Waals surface area contributed by atoms with Gasteiger partial charge in [-0.3, -0.25) is 0 Å². The average molecular weight is 307 g/mol. The van der Waals surface area contributed by atoms with Gasteiger partial charge in [-0.25, -0.2) is 9.97 Å². The Morgan fingerprint density at radius 2 is 1.67 bits per heavy atom. The summed E-state index contributed by atoms with van der Waals surface area (Å²) in [4.78, 5) is 8.58. The number of rotatable bonds is 5. The van der Waals surface area contributed by atoms with Crippen LogP contribution >= 0.6 is 15.9 Å². The van der Waals surface area contributed by atoms with Crippen molar-refractivity contribution in [2.75, 3.05) is 25.5 Å². The van der Waals surface area contributed by atoms with Crippen LogP contribution in [0.4, 0.5) is 5.95 Å². The van der Waals surface area contributed by atoms with Gasteiger partial charge < -0.3 is 10.6 Å². The molecule has 2 N–H and O–H groups in total. The highest BCUT2D eigenvalue weighted by Gasteiger charge is 2.00. The summed E-state index contributed by atoms with van der Waals surface area (Å²) in [7, 11) is 1.92. The fourth-order valence-electron chi connectivity index (χ4n) is 1.51. The molecule has 0 spiro atoms. The maximum absolute atomic E-state index is 4.29. The largest absolute Gasteiger partial charge is 0.353 e. The maximum atomic E-state index is 4.29. The van der Waals surface area contributed by atoms with Crippen molar-refractivity contribution in [1.82, 2.24) is 15.3 Å². The second-order valence-electron chi connectivity index (χ2n) is 3.83. The second kappa shape index (κ2) is 6.47. The van der Waals surface area contributed by atoms with Crippen LogP contribution in [0.2, 0.25) is 0 Å². The first kappa shape index (κ1) is 13.0. The van der Waals surface area contributed by atoms with E-state index in [0.29, 0.717) is 5.95 Å². The number of aromatic nitrogens is 2. The van der Waals surface area contributed by atoms with Gasteiger partial charge >= 0.3 is 0 Å². The molecule has 0 saturated carbocycles. The quantitative estimate of drug-likeness (QED) is 0.834. The SMILES string of the molecule is CNCCNc1ncc(-c2ccc(Br)cc2)cn1. The molecule has 0 atom stereocenters. The molecule has 0 aliphatic carbocycles. The normalized spacial score (nSPS) is 10.3. The van der Waals surface area contributed by atoms with E-state index in [-0.39, 0.29) is 0 Å². The molecule has 1 aromatic carbocycles. The van der Waals surface area contributed by atoms with Gasteiger partial charge in [-0.05, 0) is 24.7 Å². The molecule has 0 radical (unpaired) electrons. The Hall–Kier alpha value is -1.46. The van der Waals surface area contributed by atoms with E-state index in [0.717, 1.165) is 28.7 Å². The second-order valence-corrected chi connectivity index (χ2v) is 4.75. The molecule has 2 rings (SSSR count). The van der Waals surface area contributed by atoms with Crippen molar-refractivity contribution in [1.29, 1.82) is 0 Å². The zero-order valence-electron chi connectivity index (χ0n) is 10.2. The lowest BCUT2D eigenvalue weighted by molar-refractivity contribution is 0.817. The molecule has 0 fully saturated rings. The van der Waals surface area contributed by atoms with Crippen LogP contribution in [0.5, 0.6) is 0 Å². The first-order chi connectivity index (χ1) is 8.79. The molecule has 0 unspecified atom stereocenters. The minimum Gasteiger partial charge on any atom is -0.353 e. The predicted molar refractivity (Wildman–Crippen MR) is 77.6 cm³/mol. The molecule has 5 heteroatoms. The standard InChI is InChI=1S/C13H15BrN4/c1-15-6-7-16-13-17-8-11(9-18-13)10-2-4-12(14)5-3-10/h2-5,8-9,15H,6-7H2,1H3,(H,16,17,18). The molecule has 94 valence electrons. The molecule has 1 aromatic heterocycles. The summed E-state index contributed by atoms with van der Waals surface area (Å²) in [5.41, 5.74) is 2.13. The summed E-state index contributed by atoms with van der Waals surface area (Å²) in [5.74, 6) is 0.658. The Labute approximate surface area is 115 Å². The van der Waals surface area contributed by atoms with Crippen LogP contribution in [0.25, 0.3) is 11.1 Å². The van der Waals surface area contributed by atoms with Gasteiger partial charge in [0.15, 0.2) is 0 Å². The van der Waals surface area contributed by atoms with Gasteiger partial charge in [0.25, 0.3) is 0 Å². The number of hydrogen-bond acceptors (Lipinski definition) is 4. The summed E-state index contributed by atoms with van der Waals surface area (Å²) in [5, 5.41) is 6.20. The fourth-order valence-corrected chi connectivity index (χ4v) is 1.77. The zero-order valence-corrected chi connectivity index (χ0v) is 11.7. The lowest BCUT2D eigenvalue weighted by Crippen LogP contribution is -2.18. The highest BCUT2D eigenvalue weighted by molar-refractivity contribution is 9.10. The van der Waals surface area contributed by atoms with E-state index in [4.69, 9.17) is 0 Å². The highest BCUT2D eigenvalue weighted by atomic mass is 79.9. The molecule has 4 nitrogen and oxygen atoms in total. The molecule has 0 amide bonds. The Morgan fingerprint density at radius 3 is 2.28 bits per heavy atom. The first-order valence-corrected chi connectivity index (χ1v) is 6.55. The first-order valence-electron chi connectivity index (χ1n) is 5.76. The van der Waals surface area contributed by atoms with E-state index in [1.807, 2.05) is 43.7 Å². The van der Waals surface area contributed by atoms with Crippen LogP contribution in [0, 0.1) is 0 Å². The topological polar surface area (TPSA) is 49.8 Å². The summed E-state index contributed by atoms with van der Waals surface area (Å²) < 4.78 is 1.07. The van der Waals surface area contributed by atoms with Crippen LogP contribution in [-0.2, 0) is 0 Å². The van der Waals surface area contributed by atoms with E-state index in [2.05, 4.69) is 36.5 Å². The van der Waals surface area contributed by atoms with Gasteiger partial charge in [0.2, 0.25) is 5.95 Å². The Kier molecular flexibility index (Phi) is 4.66. The monoisotopic (exact) mass is 306 g/mol. The minimum atomic E-state index is 0.658. The van der Waals surface area contributed by atoms with Gasteiger partial charge in [-0.1, -0.05) is 28.1 Å². The van der Waals surface area contributed by atoms with E-state index in [9.17, 15) is 0 Å². The molecule has 0 saturated heterocycles. The minimum absolute atomic E-state index is 0.658. The smallest absolute Gasteiger partial charge is 0.222 e. The molecule has 18 heavy (non-hydrogen) atoms. The Balaban J connectivity index is 2.05. The summed E-state index contributed by atoms with van der Waals surface area (Å²) in [6.07, 6.45) is 3.66. The van der Waals surface area contributed by atoms with Crippen LogP contribution in [0.15, 0.2) is 41.1 Å². The lowest BCUT2D eigenvalue weighted by atomic mass is 10.1. The van der Waals surface area contributed by atoms with Crippen molar-refractivity contribution in [2.45, 2.75) is 0 Å². The number of halogens is 1. The Bertz CT molecular complexity index is 481. The predicted octanol–water partition coefficient (Wildman–Crippen LogP) is 2.54. The van der Waals surface area contributed by atoms with Crippen molar-refractivity contribution >= 4 is 21.9 Å². The van der Waals surface area contributed by atoms with Crippen molar-refractivity contribution in [3.05, 3.63) is 41.1 Å². The molecule has 1 heterocycles. The third-order valence-electron chi connectivity index (χ3n) is 2.49. The molecule has 0 bridgehead atoms. The third-order valence-corrected chi connectivity index (χ3v) is 3.02. The number of hydrogen-bond donors (Lipinski definition) is 2.